The van der Waals surface area contributed by atoms with Crippen LogP contribution in [0.4, 0.5) is 5.69 Å². The summed E-state index contributed by atoms with van der Waals surface area (Å²) in [5.74, 6) is 0.0131. The van der Waals surface area contributed by atoms with Crippen LogP contribution in [0, 0.1) is 19.8 Å². The lowest BCUT2D eigenvalue weighted by Crippen LogP contribution is -2.31. The molecule has 0 radical (unpaired) electrons. The van der Waals surface area contributed by atoms with E-state index in [1.165, 1.54) is 4.31 Å². The number of hydrogen-bond acceptors (Lipinski definition) is 4. The Hall–Kier alpha value is -1.11. The minimum absolute atomic E-state index is 0.0131. The van der Waals surface area contributed by atoms with Crippen LogP contribution >= 0.6 is 0 Å². The second-order valence-electron chi connectivity index (χ2n) is 5.64. The van der Waals surface area contributed by atoms with E-state index in [1.807, 2.05) is 0 Å². The van der Waals surface area contributed by atoms with Gasteiger partial charge < -0.3 is 10.8 Å². The van der Waals surface area contributed by atoms with Crippen LogP contribution in [-0.2, 0) is 10.0 Å². The third kappa shape index (κ3) is 2.68. The molecule has 0 aromatic heterocycles. The standard InChI is InChI=1S/C14H22N2O3S/c1-9-6-13(15)7-10(2)14(9)20(18,19)16-5-4-12(8-16)11(3)17/h6-7,11-12,17H,4-5,8,15H2,1-3H3. The predicted octanol–water partition coefficient (Wildman–Crippen LogP) is 1.28. The Morgan fingerprint density at radius 2 is 1.90 bits per heavy atom. The van der Waals surface area contributed by atoms with Gasteiger partial charge in [0.1, 0.15) is 0 Å². The topological polar surface area (TPSA) is 83.6 Å². The number of nitrogens with zero attached hydrogens (tertiary/aromatic N) is 1. The molecule has 2 rings (SSSR count). The van der Waals surface area contributed by atoms with Crippen LogP contribution < -0.4 is 5.73 Å². The Bertz CT molecular complexity index is 588. The molecule has 6 heteroatoms. The molecule has 1 heterocycles. The van der Waals surface area contributed by atoms with Gasteiger partial charge in [-0.1, -0.05) is 0 Å². The SMILES string of the molecule is Cc1cc(N)cc(C)c1S(=O)(=O)N1CCC(C(C)O)C1. The fraction of sp³-hybridized carbons (Fsp3) is 0.571. The Balaban J connectivity index is 2.38. The quantitative estimate of drug-likeness (QED) is 0.823. The molecule has 0 aliphatic carbocycles. The smallest absolute Gasteiger partial charge is 0.243 e. The van der Waals surface area contributed by atoms with Gasteiger partial charge in [0.2, 0.25) is 10.0 Å². The van der Waals surface area contributed by atoms with E-state index in [4.69, 9.17) is 5.73 Å². The van der Waals surface area contributed by atoms with E-state index in [-0.39, 0.29) is 5.92 Å². The van der Waals surface area contributed by atoms with Crippen molar-refractivity contribution in [2.24, 2.45) is 5.92 Å². The largest absolute Gasteiger partial charge is 0.399 e. The summed E-state index contributed by atoms with van der Waals surface area (Å²) < 4.78 is 27.0. The zero-order valence-corrected chi connectivity index (χ0v) is 12.9. The molecular weight excluding hydrogens is 276 g/mol. The maximum atomic E-state index is 12.8. The molecule has 3 N–H and O–H groups in total. The van der Waals surface area contributed by atoms with E-state index >= 15 is 0 Å². The summed E-state index contributed by atoms with van der Waals surface area (Å²) in [5, 5.41) is 9.61. The van der Waals surface area contributed by atoms with Crippen LogP contribution in [0.25, 0.3) is 0 Å². The van der Waals surface area contributed by atoms with Crippen molar-refractivity contribution in [1.82, 2.24) is 4.31 Å². The Labute approximate surface area is 120 Å². The molecule has 2 unspecified atom stereocenters. The first-order valence-electron chi connectivity index (χ1n) is 6.78. The molecule has 1 saturated heterocycles. The molecule has 0 spiro atoms. The van der Waals surface area contributed by atoms with E-state index in [1.54, 1.807) is 32.9 Å². The van der Waals surface area contributed by atoms with Crippen LogP contribution in [0.1, 0.15) is 24.5 Å². The lowest BCUT2D eigenvalue weighted by atomic mass is 10.0. The monoisotopic (exact) mass is 298 g/mol. The summed E-state index contributed by atoms with van der Waals surface area (Å²) in [6.07, 6.45) is 0.216. The zero-order valence-electron chi connectivity index (χ0n) is 12.1. The molecule has 0 amide bonds. The summed E-state index contributed by atoms with van der Waals surface area (Å²) in [7, 11) is -3.52. The van der Waals surface area contributed by atoms with Gasteiger partial charge >= 0.3 is 0 Å². The van der Waals surface area contributed by atoms with Gasteiger partial charge in [-0.05, 0) is 56.4 Å². The maximum Gasteiger partial charge on any atom is 0.243 e. The molecule has 0 saturated carbocycles. The van der Waals surface area contributed by atoms with Crippen LogP contribution in [0.15, 0.2) is 17.0 Å². The van der Waals surface area contributed by atoms with Crippen LogP contribution in [0.5, 0.6) is 0 Å². The van der Waals surface area contributed by atoms with Crippen molar-refractivity contribution in [2.75, 3.05) is 18.8 Å². The molecule has 1 aromatic carbocycles. The first-order chi connectivity index (χ1) is 9.23. The van der Waals surface area contributed by atoms with Gasteiger partial charge in [0.25, 0.3) is 0 Å². The van der Waals surface area contributed by atoms with Gasteiger partial charge in [0, 0.05) is 18.8 Å². The maximum absolute atomic E-state index is 12.8. The fourth-order valence-electron chi connectivity index (χ4n) is 2.89. The lowest BCUT2D eigenvalue weighted by molar-refractivity contribution is 0.133. The molecule has 1 aliphatic heterocycles. The van der Waals surface area contributed by atoms with Crippen molar-refractivity contribution < 1.29 is 13.5 Å². The molecule has 2 atom stereocenters. The predicted molar refractivity (Wildman–Crippen MR) is 78.9 cm³/mol. The average molecular weight is 298 g/mol. The van der Waals surface area contributed by atoms with Crippen molar-refractivity contribution in [3.8, 4) is 0 Å². The molecule has 0 bridgehead atoms. The van der Waals surface area contributed by atoms with Crippen molar-refractivity contribution in [2.45, 2.75) is 38.2 Å². The number of aryl methyl sites for hydroxylation is 2. The summed E-state index contributed by atoms with van der Waals surface area (Å²) in [5.41, 5.74) is 7.66. The molecule has 1 aliphatic rings. The number of anilines is 1. The lowest BCUT2D eigenvalue weighted by Gasteiger charge is -2.20. The molecule has 5 nitrogen and oxygen atoms in total. The summed E-state index contributed by atoms with van der Waals surface area (Å²) >= 11 is 0. The summed E-state index contributed by atoms with van der Waals surface area (Å²) in [6, 6.07) is 3.37. The Kier molecular flexibility index (Phi) is 4.09. The Morgan fingerprint density at radius 1 is 1.35 bits per heavy atom. The van der Waals surface area contributed by atoms with Crippen molar-refractivity contribution in [3.05, 3.63) is 23.3 Å². The second kappa shape index (κ2) is 5.35. The van der Waals surface area contributed by atoms with Gasteiger partial charge in [-0.3, -0.25) is 0 Å². The van der Waals surface area contributed by atoms with Crippen molar-refractivity contribution in [3.63, 3.8) is 0 Å². The van der Waals surface area contributed by atoms with Crippen LogP contribution in [0.2, 0.25) is 0 Å². The average Bonchev–Trinajstić information content (AvgIpc) is 2.76. The number of rotatable bonds is 3. The number of aliphatic hydroxyl groups is 1. The number of nitrogen functional groups attached to an aromatic ring is 1. The van der Waals surface area contributed by atoms with E-state index in [2.05, 4.69) is 0 Å². The van der Waals surface area contributed by atoms with Crippen molar-refractivity contribution >= 4 is 15.7 Å². The van der Waals surface area contributed by atoms with Gasteiger partial charge in [-0.2, -0.15) is 4.31 Å². The fourth-order valence-corrected chi connectivity index (χ4v) is 4.81. The highest BCUT2D eigenvalue weighted by Crippen LogP contribution is 2.30. The highest BCUT2D eigenvalue weighted by molar-refractivity contribution is 7.89. The van der Waals surface area contributed by atoms with Gasteiger partial charge in [0.05, 0.1) is 11.0 Å². The second-order valence-corrected chi connectivity index (χ2v) is 7.51. The normalized spacial score (nSPS) is 22.1. The molecular formula is C14H22N2O3S. The zero-order chi connectivity index (χ0) is 15.1. The molecule has 20 heavy (non-hydrogen) atoms. The number of sulfonamides is 1. The first-order valence-corrected chi connectivity index (χ1v) is 8.22. The van der Waals surface area contributed by atoms with E-state index in [9.17, 15) is 13.5 Å². The van der Waals surface area contributed by atoms with E-state index in [0.29, 0.717) is 41.2 Å². The van der Waals surface area contributed by atoms with Crippen molar-refractivity contribution in [1.29, 1.82) is 0 Å². The number of hydrogen-bond donors (Lipinski definition) is 2. The van der Waals surface area contributed by atoms with E-state index < -0.39 is 16.1 Å². The van der Waals surface area contributed by atoms with Crippen LogP contribution in [0.3, 0.4) is 0 Å². The first kappa shape index (κ1) is 15.3. The molecule has 1 fully saturated rings. The van der Waals surface area contributed by atoms with Gasteiger partial charge in [0.15, 0.2) is 0 Å². The Morgan fingerprint density at radius 3 is 2.35 bits per heavy atom. The third-order valence-electron chi connectivity index (χ3n) is 3.95. The van der Waals surface area contributed by atoms with Crippen LogP contribution in [-0.4, -0.2) is 37.0 Å². The minimum atomic E-state index is -3.52. The highest BCUT2D eigenvalue weighted by atomic mass is 32.2. The van der Waals surface area contributed by atoms with E-state index in [0.717, 1.165) is 0 Å². The molecule has 1 aromatic rings. The van der Waals surface area contributed by atoms with Gasteiger partial charge in [-0.25, -0.2) is 8.42 Å². The minimum Gasteiger partial charge on any atom is -0.399 e. The number of benzene rings is 1. The highest BCUT2D eigenvalue weighted by Gasteiger charge is 2.35. The third-order valence-corrected chi connectivity index (χ3v) is 6.12. The number of aliphatic hydroxyl groups excluding tert-OH is 1. The van der Waals surface area contributed by atoms with Gasteiger partial charge in [-0.15, -0.1) is 0 Å². The molecule has 112 valence electrons. The summed E-state index contributed by atoms with van der Waals surface area (Å²) in [4.78, 5) is 0.345. The summed E-state index contributed by atoms with van der Waals surface area (Å²) in [6.45, 7) is 6.07. The number of nitrogens with two attached hydrogens (primary N) is 1.